The molecule has 1 rings (SSSR count). The summed E-state index contributed by atoms with van der Waals surface area (Å²) in [7, 11) is -4.01. The van der Waals surface area contributed by atoms with Crippen molar-refractivity contribution >= 4 is 7.75 Å². The van der Waals surface area contributed by atoms with Crippen LogP contribution in [0, 0.1) is 0 Å². The Morgan fingerprint density at radius 1 is 1.21 bits per heavy atom. The highest BCUT2D eigenvalue weighted by Crippen LogP contribution is 2.36. The second-order valence-electron chi connectivity index (χ2n) is 5.03. The molecular weight excluding hydrogens is 265 g/mol. The van der Waals surface area contributed by atoms with Gasteiger partial charge in [-0.15, -0.1) is 0 Å². The number of benzene rings is 1. The van der Waals surface area contributed by atoms with E-state index in [-0.39, 0.29) is 18.6 Å². The number of nitrogens with two attached hydrogens (primary N) is 1. The summed E-state index contributed by atoms with van der Waals surface area (Å²) < 4.78 is 21.0. The van der Waals surface area contributed by atoms with Crippen LogP contribution in [0.5, 0.6) is 5.75 Å². The van der Waals surface area contributed by atoms with Gasteiger partial charge in [0.25, 0.3) is 0 Å². The molecule has 0 aliphatic carbocycles. The van der Waals surface area contributed by atoms with E-state index in [1.165, 1.54) is 0 Å². The molecule has 3 N–H and O–H groups in total. The molecule has 5 nitrogen and oxygen atoms in total. The molecule has 0 aliphatic rings. The number of ether oxygens (including phenoxy) is 1. The van der Waals surface area contributed by atoms with Crippen molar-refractivity contribution in [2.45, 2.75) is 39.5 Å². The Morgan fingerprint density at radius 3 is 2.05 bits per heavy atom. The van der Waals surface area contributed by atoms with Crippen molar-refractivity contribution in [2.75, 3.05) is 6.79 Å². The second kappa shape index (κ2) is 6.53. The average molecular weight is 287 g/mol. The Bertz CT molecular complexity index is 441. The minimum atomic E-state index is -4.01. The van der Waals surface area contributed by atoms with E-state index in [1.807, 2.05) is 18.2 Å². The molecule has 19 heavy (non-hydrogen) atoms. The first-order valence-electron chi connectivity index (χ1n) is 6.24. The van der Waals surface area contributed by atoms with Gasteiger partial charge in [0.05, 0.1) is 0 Å². The van der Waals surface area contributed by atoms with Crippen molar-refractivity contribution in [2.24, 2.45) is 5.50 Å². The van der Waals surface area contributed by atoms with Crippen LogP contribution in [-0.4, -0.2) is 11.7 Å². The summed E-state index contributed by atoms with van der Waals surface area (Å²) >= 11 is 0. The summed E-state index contributed by atoms with van der Waals surface area (Å²) in [6.45, 7) is 7.91. The highest BCUT2D eigenvalue weighted by Gasteiger charge is 2.17. The van der Waals surface area contributed by atoms with Crippen molar-refractivity contribution in [3.05, 3.63) is 29.3 Å². The van der Waals surface area contributed by atoms with Gasteiger partial charge in [-0.2, -0.15) is 0 Å². The summed E-state index contributed by atoms with van der Waals surface area (Å²) in [6, 6.07) is 5.94. The van der Waals surface area contributed by atoms with Crippen molar-refractivity contribution in [3.63, 3.8) is 0 Å². The Morgan fingerprint density at radius 2 is 1.68 bits per heavy atom. The summed E-state index contributed by atoms with van der Waals surface area (Å²) in [5.41, 5.74) is 6.99. The number of rotatable bonds is 6. The molecule has 0 aliphatic heterocycles. The third-order valence-corrected chi connectivity index (χ3v) is 3.24. The van der Waals surface area contributed by atoms with E-state index in [0.29, 0.717) is 5.75 Å². The first-order valence-corrected chi connectivity index (χ1v) is 7.88. The molecule has 1 atom stereocenters. The Kier molecular flexibility index (Phi) is 5.56. The number of para-hydroxylation sites is 1. The number of hydrogen-bond acceptors (Lipinski definition) is 3. The van der Waals surface area contributed by atoms with Gasteiger partial charge in [0, 0.05) is 0 Å². The van der Waals surface area contributed by atoms with Gasteiger partial charge in [-0.05, 0) is 23.0 Å². The fraction of sp³-hybridized carbons (Fsp3) is 0.538. The third kappa shape index (κ3) is 4.96. The molecule has 0 spiro atoms. The van der Waals surface area contributed by atoms with Crippen LogP contribution in [0.25, 0.3) is 0 Å². The van der Waals surface area contributed by atoms with E-state index in [0.717, 1.165) is 11.1 Å². The molecule has 1 unspecified atom stereocenters. The van der Waals surface area contributed by atoms with Gasteiger partial charge in [-0.1, -0.05) is 45.9 Å². The normalized spacial score (nSPS) is 14.7. The molecule has 1 aromatic carbocycles. The van der Waals surface area contributed by atoms with Gasteiger partial charge in [0.1, 0.15) is 5.75 Å². The van der Waals surface area contributed by atoms with Crippen LogP contribution in [0.3, 0.4) is 0 Å². The largest absolute Gasteiger partial charge is 0.466 e. The standard InChI is InChI=1S/C13H22NO4P/c1-9(2)11-6-5-7-12(10(3)4)13(11)17-8-18-19(14,15)16/h5-7,9-10H,8H2,1-4H3,(H3,14,15,16). The maximum Gasteiger partial charge on any atom is 0.403 e. The summed E-state index contributed by atoms with van der Waals surface area (Å²) in [5, 5.41) is 0. The molecule has 6 heteroatoms. The quantitative estimate of drug-likeness (QED) is 0.619. The van der Waals surface area contributed by atoms with E-state index >= 15 is 0 Å². The van der Waals surface area contributed by atoms with Gasteiger partial charge in [-0.25, -0.2) is 10.1 Å². The summed E-state index contributed by atoms with van der Waals surface area (Å²) in [6.07, 6.45) is 0. The third-order valence-electron chi connectivity index (χ3n) is 2.76. The molecule has 0 amide bonds. The van der Waals surface area contributed by atoms with Crippen molar-refractivity contribution in [3.8, 4) is 5.75 Å². The van der Waals surface area contributed by atoms with Crippen LogP contribution in [0.4, 0.5) is 0 Å². The lowest BCUT2D eigenvalue weighted by Crippen LogP contribution is -2.09. The van der Waals surface area contributed by atoms with Crippen molar-refractivity contribution in [1.29, 1.82) is 0 Å². The SMILES string of the molecule is CC(C)c1cccc(C(C)C)c1OCOP(N)(=O)O. The molecule has 0 fully saturated rings. The minimum absolute atomic E-state index is 0.285. The Labute approximate surface area is 114 Å². The number of hydrogen-bond donors (Lipinski definition) is 2. The van der Waals surface area contributed by atoms with Crippen LogP contribution >= 0.6 is 7.75 Å². The van der Waals surface area contributed by atoms with Gasteiger partial charge in [0.2, 0.25) is 0 Å². The Hall–Kier alpha value is -0.870. The van der Waals surface area contributed by atoms with Crippen molar-refractivity contribution in [1.82, 2.24) is 0 Å². The van der Waals surface area contributed by atoms with Crippen LogP contribution in [0.15, 0.2) is 18.2 Å². The molecular formula is C13H22NO4P. The van der Waals surface area contributed by atoms with E-state index in [1.54, 1.807) is 0 Å². The zero-order valence-corrected chi connectivity index (χ0v) is 12.7. The zero-order valence-electron chi connectivity index (χ0n) is 11.8. The van der Waals surface area contributed by atoms with Gasteiger partial charge >= 0.3 is 7.75 Å². The Balaban J connectivity index is 2.98. The molecule has 1 aromatic rings. The maximum atomic E-state index is 10.9. The second-order valence-corrected chi connectivity index (χ2v) is 6.42. The van der Waals surface area contributed by atoms with Gasteiger partial charge in [0.15, 0.2) is 6.79 Å². The minimum Gasteiger partial charge on any atom is -0.466 e. The van der Waals surface area contributed by atoms with Crippen LogP contribution < -0.4 is 10.2 Å². The van der Waals surface area contributed by atoms with Crippen LogP contribution in [0.2, 0.25) is 0 Å². The molecule has 0 saturated carbocycles. The van der Waals surface area contributed by atoms with E-state index in [4.69, 9.17) is 15.1 Å². The summed E-state index contributed by atoms with van der Waals surface area (Å²) in [5.74, 6) is 1.28. The highest BCUT2D eigenvalue weighted by atomic mass is 31.2. The molecule has 108 valence electrons. The molecule has 0 saturated heterocycles. The first-order chi connectivity index (χ1) is 8.72. The fourth-order valence-corrected chi connectivity index (χ4v) is 2.01. The molecule has 0 bridgehead atoms. The topological polar surface area (TPSA) is 81.8 Å². The lowest BCUT2D eigenvalue weighted by atomic mass is 9.94. The highest BCUT2D eigenvalue weighted by molar-refractivity contribution is 7.50. The zero-order chi connectivity index (χ0) is 14.6. The van der Waals surface area contributed by atoms with Crippen LogP contribution in [0.1, 0.15) is 50.7 Å². The van der Waals surface area contributed by atoms with E-state index in [2.05, 4.69) is 32.2 Å². The maximum absolute atomic E-state index is 10.9. The van der Waals surface area contributed by atoms with Crippen LogP contribution in [-0.2, 0) is 9.09 Å². The van der Waals surface area contributed by atoms with Gasteiger partial charge in [-0.3, -0.25) is 4.52 Å². The van der Waals surface area contributed by atoms with E-state index in [9.17, 15) is 4.57 Å². The first kappa shape index (κ1) is 16.2. The lowest BCUT2D eigenvalue weighted by Gasteiger charge is -2.20. The summed E-state index contributed by atoms with van der Waals surface area (Å²) in [4.78, 5) is 8.88. The molecule has 0 aromatic heterocycles. The average Bonchev–Trinajstić information content (AvgIpc) is 2.26. The predicted octanol–water partition coefficient (Wildman–Crippen LogP) is 3.35. The molecule has 0 heterocycles. The molecule has 0 radical (unpaired) electrons. The fourth-order valence-electron chi connectivity index (χ4n) is 1.81. The van der Waals surface area contributed by atoms with Crippen molar-refractivity contribution < 1.29 is 18.7 Å². The van der Waals surface area contributed by atoms with E-state index < -0.39 is 7.75 Å². The van der Waals surface area contributed by atoms with Gasteiger partial charge < -0.3 is 9.63 Å². The monoisotopic (exact) mass is 287 g/mol. The lowest BCUT2D eigenvalue weighted by molar-refractivity contribution is 0.104. The smallest absolute Gasteiger partial charge is 0.403 e. The predicted molar refractivity (Wildman–Crippen MR) is 75.2 cm³/mol.